The van der Waals surface area contributed by atoms with Gasteiger partial charge >= 0.3 is 0 Å². The molecule has 2 rings (SSSR count). The molecule has 112 valence electrons. The van der Waals surface area contributed by atoms with Gasteiger partial charge < -0.3 is 19.5 Å². The molecule has 1 atom stereocenters. The average molecular weight is 279 g/mol. The van der Waals surface area contributed by atoms with Crippen LogP contribution in [0.3, 0.4) is 0 Å². The first-order chi connectivity index (χ1) is 9.55. The summed E-state index contributed by atoms with van der Waals surface area (Å²) >= 11 is 0. The van der Waals surface area contributed by atoms with Crippen LogP contribution in [-0.2, 0) is 4.74 Å². The summed E-state index contributed by atoms with van der Waals surface area (Å²) < 4.78 is 16.7. The zero-order chi connectivity index (χ0) is 14.6. The molecule has 0 fully saturated rings. The number of methoxy groups -OCH3 is 1. The summed E-state index contributed by atoms with van der Waals surface area (Å²) in [5.41, 5.74) is 1.05. The van der Waals surface area contributed by atoms with Crippen LogP contribution in [0.5, 0.6) is 11.5 Å². The Balaban J connectivity index is 2.18. The summed E-state index contributed by atoms with van der Waals surface area (Å²) in [5.74, 6) is 1.75. The number of rotatable bonds is 6. The van der Waals surface area contributed by atoms with Crippen molar-refractivity contribution in [3.63, 3.8) is 0 Å². The largest absolute Gasteiger partial charge is 0.491 e. The van der Waals surface area contributed by atoms with Crippen LogP contribution >= 0.6 is 0 Å². The summed E-state index contributed by atoms with van der Waals surface area (Å²) in [6, 6.07) is 6.42. The Labute approximate surface area is 121 Å². The molecule has 0 aliphatic carbocycles. The molecular weight excluding hydrogens is 254 g/mol. The quantitative estimate of drug-likeness (QED) is 0.813. The normalized spacial score (nSPS) is 20.1. The summed E-state index contributed by atoms with van der Waals surface area (Å²) in [5, 5.41) is 3.53. The molecule has 0 radical (unpaired) electrons. The SMILES string of the molecule is CCNC1CC(C)(C)Oc2cc(OCCOC)ccc21. The minimum absolute atomic E-state index is 0.162. The van der Waals surface area contributed by atoms with E-state index in [1.54, 1.807) is 7.11 Å². The highest BCUT2D eigenvalue weighted by atomic mass is 16.5. The number of nitrogens with one attached hydrogen (secondary N) is 1. The molecule has 4 heteroatoms. The maximum Gasteiger partial charge on any atom is 0.128 e. The predicted octanol–water partition coefficient (Wildman–Crippen LogP) is 2.92. The first-order valence-corrected chi connectivity index (χ1v) is 7.24. The highest BCUT2D eigenvalue weighted by Crippen LogP contribution is 2.41. The van der Waals surface area contributed by atoms with Crippen LogP contribution in [0.2, 0.25) is 0 Å². The Morgan fingerprint density at radius 2 is 2.15 bits per heavy atom. The van der Waals surface area contributed by atoms with E-state index in [-0.39, 0.29) is 5.60 Å². The standard InChI is InChI=1S/C16H25NO3/c1-5-17-14-11-16(2,3)20-15-10-12(6-7-13(14)15)19-9-8-18-4/h6-7,10,14,17H,5,8-9,11H2,1-4H3. The van der Waals surface area contributed by atoms with Gasteiger partial charge in [-0.05, 0) is 26.5 Å². The van der Waals surface area contributed by atoms with Crippen molar-refractivity contribution in [2.75, 3.05) is 26.9 Å². The van der Waals surface area contributed by atoms with E-state index >= 15 is 0 Å². The number of benzene rings is 1. The second-order valence-corrected chi connectivity index (χ2v) is 5.72. The van der Waals surface area contributed by atoms with E-state index in [1.165, 1.54) is 5.56 Å². The molecule has 1 unspecified atom stereocenters. The Kier molecular flexibility index (Phi) is 4.89. The molecule has 20 heavy (non-hydrogen) atoms. The van der Waals surface area contributed by atoms with E-state index in [1.807, 2.05) is 12.1 Å². The molecule has 1 aromatic rings. The van der Waals surface area contributed by atoms with Crippen molar-refractivity contribution in [1.82, 2.24) is 5.32 Å². The third-order valence-corrected chi connectivity index (χ3v) is 3.45. The van der Waals surface area contributed by atoms with E-state index in [9.17, 15) is 0 Å². The van der Waals surface area contributed by atoms with Crippen molar-refractivity contribution in [3.8, 4) is 11.5 Å². The van der Waals surface area contributed by atoms with E-state index in [4.69, 9.17) is 14.2 Å². The lowest BCUT2D eigenvalue weighted by Crippen LogP contribution is -2.39. The van der Waals surface area contributed by atoms with Crippen LogP contribution in [0, 0.1) is 0 Å². The van der Waals surface area contributed by atoms with Gasteiger partial charge in [-0.3, -0.25) is 0 Å². The molecule has 4 nitrogen and oxygen atoms in total. The summed E-state index contributed by atoms with van der Waals surface area (Å²) in [7, 11) is 1.67. The van der Waals surface area contributed by atoms with Gasteiger partial charge in [0.25, 0.3) is 0 Å². The van der Waals surface area contributed by atoms with Crippen molar-refractivity contribution in [2.45, 2.75) is 38.8 Å². The molecule has 1 aliphatic rings. The van der Waals surface area contributed by atoms with E-state index in [0.29, 0.717) is 19.3 Å². The van der Waals surface area contributed by atoms with Crippen molar-refractivity contribution >= 4 is 0 Å². The van der Waals surface area contributed by atoms with Gasteiger partial charge in [0.15, 0.2) is 0 Å². The fourth-order valence-electron chi connectivity index (χ4n) is 2.59. The lowest BCUT2D eigenvalue weighted by molar-refractivity contribution is 0.0658. The van der Waals surface area contributed by atoms with Gasteiger partial charge in [0.1, 0.15) is 23.7 Å². The zero-order valence-electron chi connectivity index (χ0n) is 12.9. The monoisotopic (exact) mass is 279 g/mol. The van der Waals surface area contributed by atoms with Gasteiger partial charge in [-0.1, -0.05) is 13.0 Å². The highest BCUT2D eigenvalue weighted by Gasteiger charge is 2.33. The van der Waals surface area contributed by atoms with E-state index in [0.717, 1.165) is 24.5 Å². The summed E-state index contributed by atoms with van der Waals surface area (Å²) in [4.78, 5) is 0. The van der Waals surface area contributed by atoms with Crippen LogP contribution in [0.25, 0.3) is 0 Å². The maximum atomic E-state index is 6.09. The van der Waals surface area contributed by atoms with Crippen molar-refractivity contribution in [1.29, 1.82) is 0 Å². The fourth-order valence-corrected chi connectivity index (χ4v) is 2.59. The molecule has 0 saturated carbocycles. The van der Waals surface area contributed by atoms with Gasteiger partial charge in [0.05, 0.1) is 6.61 Å². The van der Waals surface area contributed by atoms with Crippen molar-refractivity contribution in [2.24, 2.45) is 0 Å². The van der Waals surface area contributed by atoms with Crippen LogP contribution in [0.1, 0.15) is 38.8 Å². The molecule has 1 aliphatic heterocycles. The summed E-state index contributed by atoms with van der Waals surface area (Å²) in [6.45, 7) is 8.47. The van der Waals surface area contributed by atoms with Crippen LogP contribution < -0.4 is 14.8 Å². The number of fused-ring (bicyclic) bond motifs is 1. The topological polar surface area (TPSA) is 39.7 Å². The fraction of sp³-hybridized carbons (Fsp3) is 0.625. The van der Waals surface area contributed by atoms with Gasteiger partial charge in [-0.15, -0.1) is 0 Å². The molecule has 1 N–H and O–H groups in total. The minimum Gasteiger partial charge on any atom is -0.491 e. The molecular formula is C16H25NO3. The molecule has 0 aromatic heterocycles. The van der Waals surface area contributed by atoms with E-state index < -0.39 is 0 Å². The second-order valence-electron chi connectivity index (χ2n) is 5.72. The van der Waals surface area contributed by atoms with Gasteiger partial charge in [-0.2, -0.15) is 0 Å². The molecule has 0 spiro atoms. The third kappa shape index (κ3) is 3.64. The van der Waals surface area contributed by atoms with Crippen molar-refractivity contribution in [3.05, 3.63) is 23.8 Å². The van der Waals surface area contributed by atoms with Crippen LogP contribution in [0.15, 0.2) is 18.2 Å². The van der Waals surface area contributed by atoms with Gasteiger partial charge in [0, 0.05) is 31.2 Å². The Hall–Kier alpha value is -1.26. The lowest BCUT2D eigenvalue weighted by atomic mass is 9.89. The Bertz CT molecular complexity index is 445. The van der Waals surface area contributed by atoms with E-state index in [2.05, 4.69) is 32.2 Å². The smallest absolute Gasteiger partial charge is 0.128 e. The van der Waals surface area contributed by atoms with Crippen LogP contribution in [-0.4, -0.2) is 32.5 Å². The number of ether oxygens (including phenoxy) is 3. The average Bonchev–Trinajstić information content (AvgIpc) is 2.37. The van der Waals surface area contributed by atoms with Gasteiger partial charge in [0.2, 0.25) is 0 Å². The van der Waals surface area contributed by atoms with Crippen molar-refractivity contribution < 1.29 is 14.2 Å². The predicted molar refractivity (Wildman–Crippen MR) is 79.6 cm³/mol. The lowest BCUT2D eigenvalue weighted by Gasteiger charge is -2.38. The molecule has 1 aromatic carbocycles. The number of hydrogen-bond acceptors (Lipinski definition) is 4. The first-order valence-electron chi connectivity index (χ1n) is 7.24. The highest BCUT2D eigenvalue weighted by molar-refractivity contribution is 5.44. The van der Waals surface area contributed by atoms with Gasteiger partial charge in [-0.25, -0.2) is 0 Å². The second kappa shape index (κ2) is 6.46. The summed E-state index contributed by atoms with van der Waals surface area (Å²) in [6.07, 6.45) is 0.970. The van der Waals surface area contributed by atoms with Crippen LogP contribution in [0.4, 0.5) is 0 Å². The Morgan fingerprint density at radius 3 is 2.85 bits per heavy atom. The third-order valence-electron chi connectivity index (χ3n) is 3.45. The first kappa shape index (κ1) is 15.1. The number of hydrogen-bond donors (Lipinski definition) is 1. The Morgan fingerprint density at radius 1 is 1.35 bits per heavy atom. The molecule has 0 bridgehead atoms. The minimum atomic E-state index is -0.162. The molecule has 0 saturated heterocycles. The molecule has 0 amide bonds. The maximum absolute atomic E-state index is 6.09. The molecule has 1 heterocycles. The zero-order valence-corrected chi connectivity index (χ0v) is 12.9.